The molecule has 0 aliphatic heterocycles. The number of aromatic nitrogens is 1. The molecule has 3 aromatic heterocycles. The van der Waals surface area contributed by atoms with Gasteiger partial charge in [0, 0.05) is 16.7 Å². The molecule has 1 amide bonds. The number of benzene rings is 1. The summed E-state index contributed by atoms with van der Waals surface area (Å²) in [5, 5.41) is 0.399. The van der Waals surface area contributed by atoms with Gasteiger partial charge in [0.2, 0.25) is 0 Å². The fraction of sp³-hybridized carbons (Fsp3) is 0.0500. The predicted molar refractivity (Wildman–Crippen MR) is 104 cm³/mol. The highest BCUT2D eigenvalue weighted by atomic mass is 79.9. The summed E-state index contributed by atoms with van der Waals surface area (Å²) in [5.41, 5.74) is 0.0490. The van der Waals surface area contributed by atoms with E-state index in [0.717, 1.165) is 4.47 Å². The lowest BCUT2D eigenvalue weighted by molar-refractivity contribution is 0.0956. The number of anilines is 1. The number of halogens is 1. The minimum Gasteiger partial charge on any atom is -0.467 e. The molecule has 0 fully saturated rings. The Bertz CT molecular complexity index is 1150. The average molecular weight is 425 g/mol. The van der Waals surface area contributed by atoms with Gasteiger partial charge in [-0.15, -0.1) is 0 Å². The summed E-state index contributed by atoms with van der Waals surface area (Å²) >= 11 is 3.33. The van der Waals surface area contributed by atoms with Crippen molar-refractivity contribution in [1.29, 1.82) is 0 Å². The monoisotopic (exact) mass is 424 g/mol. The maximum atomic E-state index is 13.1. The van der Waals surface area contributed by atoms with Gasteiger partial charge < -0.3 is 8.83 Å². The zero-order valence-corrected chi connectivity index (χ0v) is 15.5. The lowest BCUT2D eigenvalue weighted by Gasteiger charge is -2.20. The van der Waals surface area contributed by atoms with E-state index in [4.69, 9.17) is 8.83 Å². The van der Waals surface area contributed by atoms with Gasteiger partial charge in [-0.1, -0.05) is 22.0 Å². The Labute approximate surface area is 162 Å². The molecule has 0 saturated heterocycles. The minimum absolute atomic E-state index is 0.0629. The molecule has 0 saturated carbocycles. The number of hydrogen-bond donors (Lipinski definition) is 0. The van der Waals surface area contributed by atoms with Crippen LogP contribution in [-0.4, -0.2) is 10.9 Å². The number of furan rings is 1. The molecule has 4 aromatic rings. The van der Waals surface area contributed by atoms with Crippen molar-refractivity contribution in [2.24, 2.45) is 0 Å². The summed E-state index contributed by atoms with van der Waals surface area (Å²) in [5.74, 6) is 0.470. The summed E-state index contributed by atoms with van der Waals surface area (Å²) < 4.78 is 11.8. The second-order valence-electron chi connectivity index (χ2n) is 5.77. The Hall–Kier alpha value is -3.19. The van der Waals surface area contributed by atoms with Gasteiger partial charge in [0.05, 0.1) is 18.2 Å². The smallest absolute Gasteiger partial charge is 0.295 e. The van der Waals surface area contributed by atoms with Crippen molar-refractivity contribution < 1.29 is 13.6 Å². The van der Waals surface area contributed by atoms with Gasteiger partial charge in [-0.05, 0) is 42.5 Å². The van der Waals surface area contributed by atoms with Crippen LogP contribution < -0.4 is 10.3 Å². The van der Waals surface area contributed by atoms with Crippen LogP contribution in [0.1, 0.15) is 16.3 Å². The van der Waals surface area contributed by atoms with Crippen LogP contribution in [-0.2, 0) is 6.54 Å². The summed E-state index contributed by atoms with van der Waals surface area (Å²) in [6.45, 7) is 0.158. The lowest BCUT2D eigenvalue weighted by Crippen LogP contribution is -2.31. The van der Waals surface area contributed by atoms with Crippen LogP contribution in [0.4, 0.5) is 5.82 Å². The molecule has 0 unspecified atom stereocenters. The molecular formula is C20H13BrN2O4. The molecule has 0 atom stereocenters. The molecule has 0 N–H and O–H groups in total. The number of fused-ring (bicyclic) bond motifs is 1. The topological polar surface area (TPSA) is 76.6 Å². The number of rotatable bonds is 4. The van der Waals surface area contributed by atoms with Crippen molar-refractivity contribution in [2.45, 2.75) is 6.54 Å². The van der Waals surface area contributed by atoms with E-state index in [9.17, 15) is 9.59 Å². The first-order chi connectivity index (χ1) is 13.1. The first-order valence-electron chi connectivity index (χ1n) is 8.10. The van der Waals surface area contributed by atoms with Gasteiger partial charge in [0.15, 0.2) is 11.2 Å². The van der Waals surface area contributed by atoms with Crippen LogP contribution in [0.3, 0.4) is 0 Å². The second kappa shape index (κ2) is 7.20. The number of amides is 1. The first-order valence-corrected chi connectivity index (χ1v) is 8.90. The van der Waals surface area contributed by atoms with E-state index in [-0.39, 0.29) is 17.7 Å². The fourth-order valence-electron chi connectivity index (χ4n) is 2.70. The fourth-order valence-corrected chi connectivity index (χ4v) is 3.06. The highest BCUT2D eigenvalue weighted by Gasteiger charge is 2.23. The molecule has 1 aromatic carbocycles. The molecule has 6 nitrogen and oxygen atoms in total. The van der Waals surface area contributed by atoms with Crippen molar-refractivity contribution in [3.05, 3.63) is 93.3 Å². The van der Waals surface area contributed by atoms with E-state index in [0.29, 0.717) is 22.5 Å². The van der Waals surface area contributed by atoms with Crippen molar-refractivity contribution in [1.82, 2.24) is 4.98 Å². The second-order valence-corrected chi connectivity index (χ2v) is 6.69. The summed E-state index contributed by atoms with van der Waals surface area (Å²) in [4.78, 5) is 31.2. The van der Waals surface area contributed by atoms with E-state index in [1.54, 1.807) is 54.7 Å². The van der Waals surface area contributed by atoms with Crippen LogP contribution in [0.5, 0.6) is 0 Å². The summed E-state index contributed by atoms with van der Waals surface area (Å²) in [7, 11) is 0. The maximum Gasteiger partial charge on any atom is 0.295 e. The Balaban J connectivity index is 1.78. The number of carbonyl (C=O) groups is 1. The SMILES string of the molecule is O=C(c1cc(=O)c2cc(Br)ccc2o1)N(Cc1ccco1)c1ccccn1. The van der Waals surface area contributed by atoms with Crippen LogP contribution in [0.2, 0.25) is 0 Å². The number of nitrogens with zero attached hydrogens (tertiary/aromatic N) is 2. The van der Waals surface area contributed by atoms with Crippen molar-refractivity contribution >= 4 is 38.6 Å². The Kier molecular flexibility index (Phi) is 4.60. The molecule has 0 aliphatic rings. The van der Waals surface area contributed by atoms with Crippen molar-refractivity contribution in [3.63, 3.8) is 0 Å². The first kappa shape index (κ1) is 17.2. The lowest BCUT2D eigenvalue weighted by atomic mass is 10.2. The Morgan fingerprint density at radius 3 is 2.74 bits per heavy atom. The van der Waals surface area contributed by atoms with E-state index < -0.39 is 5.91 Å². The molecule has 0 aliphatic carbocycles. The van der Waals surface area contributed by atoms with Gasteiger partial charge in [-0.25, -0.2) is 4.98 Å². The zero-order chi connectivity index (χ0) is 18.8. The third kappa shape index (κ3) is 3.54. The predicted octanol–water partition coefficient (Wildman–Crippen LogP) is 4.39. The molecule has 0 spiro atoms. The molecule has 7 heteroatoms. The van der Waals surface area contributed by atoms with E-state index in [2.05, 4.69) is 20.9 Å². The van der Waals surface area contributed by atoms with E-state index in [1.807, 2.05) is 0 Å². The Morgan fingerprint density at radius 2 is 2.00 bits per heavy atom. The largest absolute Gasteiger partial charge is 0.467 e. The van der Waals surface area contributed by atoms with E-state index in [1.165, 1.54) is 17.2 Å². The van der Waals surface area contributed by atoms with Gasteiger partial charge >= 0.3 is 0 Å². The van der Waals surface area contributed by atoms with Crippen LogP contribution in [0.25, 0.3) is 11.0 Å². The third-order valence-electron chi connectivity index (χ3n) is 3.96. The highest BCUT2D eigenvalue weighted by Crippen LogP contribution is 2.21. The molecule has 4 rings (SSSR count). The minimum atomic E-state index is -0.480. The van der Waals surface area contributed by atoms with Gasteiger partial charge in [-0.2, -0.15) is 0 Å². The normalized spacial score (nSPS) is 10.9. The molecule has 0 bridgehead atoms. The molecule has 134 valence electrons. The average Bonchev–Trinajstić information content (AvgIpc) is 3.20. The van der Waals surface area contributed by atoms with Crippen LogP contribution in [0, 0.1) is 0 Å². The Morgan fingerprint density at radius 1 is 1.11 bits per heavy atom. The highest BCUT2D eigenvalue weighted by molar-refractivity contribution is 9.10. The number of hydrogen-bond acceptors (Lipinski definition) is 5. The molecular weight excluding hydrogens is 412 g/mol. The number of pyridine rings is 1. The number of carbonyl (C=O) groups excluding carboxylic acids is 1. The quantitative estimate of drug-likeness (QED) is 0.485. The molecule has 27 heavy (non-hydrogen) atoms. The third-order valence-corrected chi connectivity index (χ3v) is 4.46. The van der Waals surface area contributed by atoms with Gasteiger partial charge in [0.25, 0.3) is 5.91 Å². The van der Waals surface area contributed by atoms with Gasteiger partial charge in [-0.3, -0.25) is 14.5 Å². The standard InChI is InChI=1S/C20H13BrN2O4/c21-13-6-7-17-15(10-13)16(24)11-18(27-17)20(25)23(12-14-4-3-9-26-14)19-5-1-2-8-22-19/h1-11H,12H2. The van der Waals surface area contributed by atoms with Crippen molar-refractivity contribution in [2.75, 3.05) is 4.90 Å². The van der Waals surface area contributed by atoms with Crippen molar-refractivity contribution in [3.8, 4) is 0 Å². The molecule has 0 radical (unpaired) electrons. The maximum absolute atomic E-state index is 13.1. The summed E-state index contributed by atoms with van der Waals surface area (Å²) in [6, 6.07) is 15.0. The van der Waals surface area contributed by atoms with Crippen LogP contribution in [0.15, 0.2) is 85.2 Å². The molecule has 3 heterocycles. The van der Waals surface area contributed by atoms with Crippen LogP contribution >= 0.6 is 15.9 Å². The summed E-state index contributed by atoms with van der Waals surface area (Å²) in [6.07, 6.45) is 3.12. The van der Waals surface area contributed by atoms with Gasteiger partial charge in [0.1, 0.15) is 17.2 Å². The van der Waals surface area contributed by atoms with E-state index >= 15 is 0 Å². The zero-order valence-electron chi connectivity index (χ0n) is 14.0.